The first kappa shape index (κ1) is 16.3. The highest BCUT2D eigenvalue weighted by Gasteiger charge is 2.18. The van der Waals surface area contributed by atoms with Crippen LogP contribution in [0.25, 0.3) is 0 Å². The Hall–Kier alpha value is -1.79. The Kier molecular flexibility index (Phi) is 6.83. The number of amides is 1. The van der Waals surface area contributed by atoms with Crippen molar-refractivity contribution in [3.05, 3.63) is 23.8 Å². The van der Waals surface area contributed by atoms with Crippen molar-refractivity contribution in [3.8, 4) is 11.5 Å². The number of para-hydroxylation sites is 1. The summed E-state index contributed by atoms with van der Waals surface area (Å²) < 4.78 is 15.8. The highest BCUT2D eigenvalue weighted by Crippen LogP contribution is 2.31. The van der Waals surface area contributed by atoms with Gasteiger partial charge in [-0.3, -0.25) is 4.79 Å². The molecule has 0 bridgehead atoms. The number of ether oxygens (including phenoxy) is 3. The Morgan fingerprint density at radius 3 is 2.75 bits per heavy atom. The van der Waals surface area contributed by atoms with Gasteiger partial charge in [-0.2, -0.15) is 0 Å². The minimum atomic E-state index is -0.645. The van der Waals surface area contributed by atoms with Gasteiger partial charge in [0.25, 0.3) is 5.91 Å². The standard InChI is InChI=1S/C14H22N2O4/c1-10(14(17)16-7-8-18-2)20-13-11(9-15)5-4-6-12(13)19-3/h4-6,10H,7-9,15H2,1-3H3,(H,16,17). The monoisotopic (exact) mass is 282 g/mol. The second-order valence-corrected chi connectivity index (χ2v) is 4.20. The van der Waals surface area contributed by atoms with E-state index < -0.39 is 6.10 Å². The van der Waals surface area contributed by atoms with E-state index in [1.807, 2.05) is 12.1 Å². The fourth-order valence-corrected chi connectivity index (χ4v) is 1.67. The molecule has 0 aliphatic carbocycles. The van der Waals surface area contributed by atoms with E-state index in [9.17, 15) is 4.79 Å². The molecule has 6 heteroatoms. The molecule has 3 N–H and O–H groups in total. The van der Waals surface area contributed by atoms with Gasteiger partial charge in [0.15, 0.2) is 17.6 Å². The molecule has 0 saturated carbocycles. The molecule has 0 radical (unpaired) electrons. The Morgan fingerprint density at radius 1 is 1.40 bits per heavy atom. The summed E-state index contributed by atoms with van der Waals surface area (Å²) in [5.74, 6) is 0.854. The number of nitrogens with two attached hydrogens (primary N) is 1. The van der Waals surface area contributed by atoms with Gasteiger partial charge in [0.05, 0.1) is 13.7 Å². The van der Waals surface area contributed by atoms with Crippen molar-refractivity contribution < 1.29 is 19.0 Å². The maximum Gasteiger partial charge on any atom is 0.260 e. The van der Waals surface area contributed by atoms with E-state index in [4.69, 9.17) is 19.9 Å². The predicted octanol–water partition coefficient (Wildman–Crippen LogP) is 0.684. The molecule has 0 spiro atoms. The Morgan fingerprint density at radius 2 is 2.15 bits per heavy atom. The molecule has 0 aliphatic rings. The van der Waals surface area contributed by atoms with Crippen LogP contribution in [0, 0.1) is 0 Å². The normalized spacial score (nSPS) is 11.8. The smallest absolute Gasteiger partial charge is 0.260 e. The van der Waals surface area contributed by atoms with Crippen LogP contribution in [0.5, 0.6) is 11.5 Å². The van der Waals surface area contributed by atoms with Crippen LogP contribution in [0.3, 0.4) is 0 Å². The fourth-order valence-electron chi connectivity index (χ4n) is 1.67. The van der Waals surface area contributed by atoms with E-state index in [-0.39, 0.29) is 5.91 Å². The van der Waals surface area contributed by atoms with Crippen molar-refractivity contribution in [1.29, 1.82) is 0 Å². The largest absolute Gasteiger partial charge is 0.493 e. The molecular formula is C14H22N2O4. The third-order valence-corrected chi connectivity index (χ3v) is 2.77. The van der Waals surface area contributed by atoms with Crippen LogP contribution < -0.4 is 20.5 Å². The zero-order valence-corrected chi connectivity index (χ0v) is 12.1. The first-order valence-corrected chi connectivity index (χ1v) is 6.43. The molecule has 1 rings (SSSR count). The molecule has 112 valence electrons. The summed E-state index contributed by atoms with van der Waals surface area (Å²) in [4.78, 5) is 11.9. The fraction of sp³-hybridized carbons (Fsp3) is 0.500. The van der Waals surface area contributed by atoms with Gasteiger partial charge in [-0.25, -0.2) is 0 Å². The van der Waals surface area contributed by atoms with Crippen molar-refractivity contribution in [3.63, 3.8) is 0 Å². The molecule has 0 aromatic heterocycles. The van der Waals surface area contributed by atoms with Gasteiger partial charge >= 0.3 is 0 Å². The zero-order valence-electron chi connectivity index (χ0n) is 12.1. The van der Waals surface area contributed by atoms with Crippen LogP contribution in [0.2, 0.25) is 0 Å². The molecule has 1 aromatic rings. The Labute approximate surface area is 119 Å². The summed E-state index contributed by atoms with van der Waals surface area (Å²) in [5.41, 5.74) is 6.46. The average Bonchev–Trinajstić information content (AvgIpc) is 2.47. The lowest BCUT2D eigenvalue weighted by Gasteiger charge is -2.19. The summed E-state index contributed by atoms with van der Waals surface area (Å²) in [7, 11) is 3.13. The van der Waals surface area contributed by atoms with Crippen LogP contribution in [0.1, 0.15) is 12.5 Å². The molecule has 1 amide bonds. The summed E-state index contributed by atoms with van der Waals surface area (Å²) in [6.07, 6.45) is -0.645. The number of hydrogen-bond donors (Lipinski definition) is 2. The average molecular weight is 282 g/mol. The zero-order chi connectivity index (χ0) is 15.0. The highest BCUT2D eigenvalue weighted by atomic mass is 16.5. The lowest BCUT2D eigenvalue weighted by molar-refractivity contribution is -0.127. The quantitative estimate of drug-likeness (QED) is 0.685. The van der Waals surface area contributed by atoms with Crippen molar-refractivity contribution in [1.82, 2.24) is 5.32 Å². The third-order valence-electron chi connectivity index (χ3n) is 2.77. The number of hydrogen-bond acceptors (Lipinski definition) is 5. The summed E-state index contributed by atoms with van der Waals surface area (Å²) in [5, 5.41) is 2.72. The SMILES string of the molecule is COCCNC(=O)C(C)Oc1c(CN)cccc1OC. The van der Waals surface area contributed by atoms with E-state index in [1.54, 1.807) is 27.2 Å². The lowest BCUT2D eigenvalue weighted by atomic mass is 10.2. The maximum atomic E-state index is 11.9. The van der Waals surface area contributed by atoms with Gasteiger partial charge in [-0.05, 0) is 13.0 Å². The van der Waals surface area contributed by atoms with E-state index in [1.165, 1.54) is 0 Å². The number of rotatable bonds is 8. The predicted molar refractivity (Wildman–Crippen MR) is 75.9 cm³/mol. The second-order valence-electron chi connectivity index (χ2n) is 4.20. The van der Waals surface area contributed by atoms with Crippen molar-refractivity contribution in [2.45, 2.75) is 19.6 Å². The summed E-state index contributed by atoms with van der Waals surface area (Å²) in [6, 6.07) is 5.44. The van der Waals surface area contributed by atoms with Crippen molar-refractivity contribution in [2.75, 3.05) is 27.4 Å². The van der Waals surface area contributed by atoms with Crippen LogP contribution in [0.15, 0.2) is 18.2 Å². The van der Waals surface area contributed by atoms with E-state index >= 15 is 0 Å². The molecule has 1 unspecified atom stereocenters. The van der Waals surface area contributed by atoms with Crippen LogP contribution in [-0.4, -0.2) is 39.4 Å². The van der Waals surface area contributed by atoms with Gasteiger partial charge in [0.1, 0.15) is 0 Å². The summed E-state index contributed by atoms with van der Waals surface area (Å²) in [6.45, 7) is 2.89. The molecule has 0 fully saturated rings. The highest BCUT2D eigenvalue weighted by molar-refractivity contribution is 5.80. The van der Waals surface area contributed by atoms with Gasteiger partial charge in [0.2, 0.25) is 0 Å². The van der Waals surface area contributed by atoms with Crippen LogP contribution >= 0.6 is 0 Å². The van der Waals surface area contributed by atoms with Gasteiger partial charge in [-0.1, -0.05) is 12.1 Å². The molecule has 1 aromatic carbocycles. The number of carbonyl (C=O) groups is 1. The van der Waals surface area contributed by atoms with Crippen LogP contribution in [-0.2, 0) is 16.1 Å². The Bertz CT molecular complexity index is 415. The first-order valence-electron chi connectivity index (χ1n) is 6.43. The first-order chi connectivity index (χ1) is 9.63. The van der Waals surface area contributed by atoms with E-state index in [0.29, 0.717) is 31.2 Å². The number of methoxy groups -OCH3 is 2. The minimum absolute atomic E-state index is 0.212. The van der Waals surface area contributed by atoms with Gasteiger partial charge in [0, 0.05) is 25.8 Å². The third kappa shape index (κ3) is 4.40. The van der Waals surface area contributed by atoms with Crippen molar-refractivity contribution >= 4 is 5.91 Å². The second kappa shape index (κ2) is 8.39. The van der Waals surface area contributed by atoms with Gasteiger partial charge < -0.3 is 25.3 Å². The van der Waals surface area contributed by atoms with E-state index in [0.717, 1.165) is 5.56 Å². The maximum absolute atomic E-state index is 11.9. The molecule has 0 heterocycles. The number of carbonyl (C=O) groups excluding carboxylic acids is 1. The topological polar surface area (TPSA) is 82.8 Å². The van der Waals surface area contributed by atoms with E-state index in [2.05, 4.69) is 5.32 Å². The lowest BCUT2D eigenvalue weighted by Crippen LogP contribution is -2.38. The van der Waals surface area contributed by atoms with Gasteiger partial charge in [-0.15, -0.1) is 0 Å². The molecule has 1 atom stereocenters. The molecular weight excluding hydrogens is 260 g/mol. The molecule has 20 heavy (non-hydrogen) atoms. The minimum Gasteiger partial charge on any atom is -0.493 e. The number of benzene rings is 1. The summed E-state index contributed by atoms with van der Waals surface area (Å²) >= 11 is 0. The molecule has 0 aliphatic heterocycles. The number of nitrogens with one attached hydrogen (secondary N) is 1. The van der Waals surface area contributed by atoms with Crippen LogP contribution in [0.4, 0.5) is 0 Å². The Balaban J connectivity index is 2.74. The molecule has 0 saturated heterocycles. The van der Waals surface area contributed by atoms with Crippen molar-refractivity contribution in [2.24, 2.45) is 5.73 Å². The molecule has 6 nitrogen and oxygen atoms in total.